The lowest BCUT2D eigenvalue weighted by atomic mass is 10.2. The van der Waals surface area contributed by atoms with Crippen molar-refractivity contribution in [3.05, 3.63) is 11.6 Å². The van der Waals surface area contributed by atoms with Gasteiger partial charge in [-0.05, 0) is 19.4 Å². The van der Waals surface area contributed by atoms with Crippen LogP contribution in [0.25, 0.3) is 0 Å². The van der Waals surface area contributed by atoms with E-state index in [1.165, 1.54) is 6.21 Å². The van der Waals surface area contributed by atoms with Crippen molar-refractivity contribution >= 4 is 6.21 Å². The van der Waals surface area contributed by atoms with Crippen molar-refractivity contribution in [1.82, 2.24) is 0 Å². The zero-order valence-corrected chi connectivity index (χ0v) is 5.02. The third-order valence-corrected chi connectivity index (χ3v) is 0.874. The second-order valence-corrected chi connectivity index (χ2v) is 1.65. The van der Waals surface area contributed by atoms with Gasteiger partial charge in [0, 0.05) is 12.8 Å². The van der Waals surface area contributed by atoms with Crippen LogP contribution < -0.4 is 0 Å². The largest absolute Gasteiger partial charge is 0.396 e. The molecule has 0 spiro atoms. The molecular formula is C6H11NO. The van der Waals surface area contributed by atoms with E-state index in [4.69, 9.17) is 10.5 Å². The summed E-state index contributed by atoms with van der Waals surface area (Å²) in [4.78, 5) is 0. The molecule has 0 heterocycles. The highest BCUT2D eigenvalue weighted by Crippen LogP contribution is 1.94. The minimum absolute atomic E-state index is 0.177. The Labute approximate surface area is 49.4 Å². The van der Waals surface area contributed by atoms with Gasteiger partial charge in [-0.3, -0.25) is 0 Å². The standard InChI is InChI=1S/C6H11NO/c1-6(2-4-7)3-5-8/h2,4,7-8H,3,5H2,1H3/b6-2+,7-4?. The Morgan fingerprint density at radius 3 is 2.75 bits per heavy atom. The average molecular weight is 113 g/mol. The monoisotopic (exact) mass is 113 g/mol. The fourth-order valence-electron chi connectivity index (χ4n) is 0.402. The molecule has 0 radical (unpaired) electrons. The molecule has 2 heteroatoms. The van der Waals surface area contributed by atoms with Gasteiger partial charge in [0.15, 0.2) is 0 Å². The third-order valence-electron chi connectivity index (χ3n) is 0.874. The van der Waals surface area contributed by atoms with E-state index in [0.29, 0.717) is 6.42 Å². The molecule has 0 saturated carbocycles. The topological polar surface area (TPSA) is 44.1 Å². The molecule has 8 heavy (non-hydrogen) atoms. The Kier molecular flexibility index (Phi) is 4.17. The Balaban J connectivity index is 3.44. The molecule has 0 aliphatic carbocycles. The van der Waals surface area contributed by atoms with Crippen molar-refractivity contribution in [2.75, 3.05) is 6.61 Å². The summed E-state index contributed by atoms with van der Waals surface area (Å²) in [5.74, 6) is 0. The Morgan fingerprint density at radius 1 is 1.75 bits per heavy atom. The first-order chi connectivity index (χ1) is 3.81. The fraction of sp³-hybridized carbons (Fsp3) is 0.500. The van der Waals surface area contributed by atoms with Crippen LogP contribution in [0.2, 0.25) is 0 Å². The van der Waals surface area contributed by atoms with Crippen molar-refractivity contribution in [2.45, 2.75) is 13.3 Å². The predicted octanol–water partition coefficient (Wildman–Crippen LogP) is 0.965. The van der Waals surface area contributed by atoms with Crippen LogP contribution in [0, 0.1) is 5.41 Å². The normalized spacial score (nSPS) is 11.5. The lowest BCUT2D eigenvalue weighted by Crippen LogP contribution is -1.83. The molecule has 2 N–H and O–H groups in total. The maximum absolute atomic E-state index is 8.35. The highest BCUT2D eigenvalue weighted by Gasteiger charge is 1.82. The molecule has 0 atom stereocenters. The molecule has 0 aromatic rings. The summed E-state index contributed by atoms with van der Waals surface area (Å²) in [6.07, 6.45) is 3.58. The predicted molar refractivity (Wildman–Crippen MR) is 34.2 cm³/mol. The smallest absolute Gasteiger partial charge is 0.0468 e. The van der Waals surface area contributed by atoms with Crippen molar-refractivity contribution in [1.29, 1.82) is 5.41 Å². The summed E-state index contributed by atoms with van der Waals surface area (Å²) in [5.41, 5.74) is 1.04. The maximum Gasteiger partial charge on any atom is 0.0468 e. The van der Waals surface area contributed by atoms with E-state index >= 15 is 0 Å². The second kappa shape index (κ2) is 4.53. The van der Waals surface area contributed by atoms with Gasteiger partial charge in [-0.15, -0.1) is 0 Å². The molecule has 0 bridgehead atoms. The number of nitrogens with one attached hydrogen (secondary N) is 1. The van der Waals surface area contributed by atoms with E-state index in [2.05, 4.69) is 0 Å². The number of allylic oxidation sites excluding steroid dienone is 1. The summed E-state index contributed by atoms with van der Waals surface area (Å²) in [5, 5.41) is 15.0. The fourth-order valence-corrected chi connectivity index (χ4v) is 0.402. The van der Waals surface area contributed by atoms with Gasteiger partial charge < -0.3 is 10.5 Å². The number of aliphatic hydroxyl groups is 1. The summed E-state index contributed by atoms with van der Waals surface area (Å²) >= 11 is 0. The average Bonchev–Trinajstić information content (AvgIpc) is 1.68. The molecule has 0 amide bonds. The van der Waals surface area contributed by atoms with E-state index in [1.54, 1.807) is 6.08 Å². The molecule has 46 valence electrons. The van der Waals surface area contributed by atoms with Gasteiger partial charge >= 0.3 is 0 Å². The van der Waals surface area contributed by atoms with E-state index in [-0.39, 0.29) is 6.61 Å². The maximum atomic E-state index is 8.35. The van der Waals surface area contributed by atoms with Gasteiger partial charge in [-0.1, -0.05) is 5.57 Å². The first-order valence-electron chi connectivity index (χ1n) is 2.58. The number of rotatable bonds is 3. The Bertz CT molecular complexity index is 96.7. The van der Waals surface area contributed by atoms with E-state index in [9.17, 15) is 0 Å². The quantitative estimate of drug-likeness (QED) is 0.526. The molecule has 0 rings (SSSR count). The minimum Gasteiger partial charge on any atom is -0.396 e. The molecule has 0 aliphatic rings. The zero-order valence-electron chi connectivity index (χ0n) is 5.02. The molecule has 0 aliphatic heterocycles. The second-order valence-electron chi connectivity index (χ2n) is 1.65. The highest BCUT2D eigenvalue weighted by atomic mass is 16.2. The van der Waals surface area contributed by atoms with Crippen LogP contribution in [0.15, 0.2) is 11.6 Å². The van der Waals surface area contributed by atoms with Crippen LogP contribution in [0.4, 0.5) is 0 Å². The van der Waals surface area contributed by atoms with Gasteiger partial charge in [-0.25, -0.2) is 0 Å². The van der Waals surface area contributed by atoms with Crippen molar-refractivity contribution in [3.8, 4) is 0 Å². The van der Waals surface area contributed by atoms with Gasteiger partial charge in [-0.2, -0.15) is 0 Å². The molecule has 0 saturated heterocycles. The summed E-state index contributed by atoms with van der Waals surface area (Å²) in [6, 6.07) is 0. The van der Waals surface area contributed by atoms with Gasteiger partial charge in [0.1, 0.15) is 0 Å². The number of hydrogen-bond donors (Lipinski definition) is 2. The molecule has 0 aromatic heterocycles. The van der Waals surface area contributed by atoms with Gasteiger partial charge in [0.05, 0.1) is 0 Å². The van der Waals surface area contributed by atoms with Crippen LogP contribution in [0.3, 0.4) is 0 Å². The first-order valence-corrected chi connectivity index (χ1v) is 2.58. The Morgan fingerprint density at radius 2 is 2.38 bits per heavy atom. The third kappa shape index (κ3) is 3.56. The van der Waals surface area contributed by atoms with Crippen LogP contribution in [0.1, 0.15) is 13.3 Å². The van der Waals surface area contributed by atoms with Crippen LogP contribution in [0.5, 0.6) is 0 Å². The lowest BCUT2D eigenvalue weighted by Gasteiger charge is -1.90. The van der Waals surface area contributed by atoms with Crippen molar-refractivity contribution < 1.29 is 5.11 Å². The SMILES string of the molecule is C/C(=C\C=N)CCO. The molecule has 0 aromatic carbocycles. The Hall–Kier alpha value is -0.630. The van der Waals surface area contributed by atoms with Crippen LogP contribution in [-0.4, -0.2) is 17.9 Å². The van der Waals surface area contributed by atoms with E-state index in [0.717, 1.165) is 5.57 Å². The highest BCUT2D eigenvalue weighted by molar-refractivity contribution is 5.68. The molecule has 0 unspecified atom stereocenters. The van der Waals surface area contributed by atoms with Gasteiger partial charge in [0.25, 0.3) is 0 Å². The summed E-state index contributed by atoms with van der Waals surface area (Å²) in [7, 11) is 0. The number of hydrogen-bond acceptors (Lipinski definition) is 2. The van der Waals surface area contributed by atoms with E-state index in [1.807, 2.05) is 6.92 Å². The van der Waals surface area contributed by atoms with Crippen molar-refractivity contribution in [3.63, 3.8) is 0 Å². The lowest BCUT2D eigenvalue weighted by molar-refractivity contribution is 0.299. The summed E-state index contributed by atoms with van der Waals surface area (Å²) < 4.78 is 0. The van der Waals surface area contributed by atoms with E-state index < -0.39 is 0 Å². The molecule has 2 nitrogen and oxygen atoms in total. The van der Waals surface area contributed by atoms with Crippen molar-refractivity contribution in [2.24, 2.45) is 0 Å². The minimum atomic E-state index is 0.177. The first kappa shape index (κ1) is 7.37. The molecule has 0 fully saturated rings. The van der Waals surface area contributed by atoms with Crippen LogP contribution in [-0.2, 0) is 0 Å². The van der Waals surface area contributed by atoms with Gasteiger partial charge in [0.2, 0.25) is 0 Å². The zero-order chi connectivity index (χ0) is 6.41. The summed E-state index contributed by atoms with van der Waals surface area (Å²) in [6.45, 7) is 2.07. The van der Waals surface area contributed by atoms with Crippen LogP contribution >= 0.6 is 0 Å². The molecular weight excluding hydrogens is 102 g/mol. The number of aliphatic hydroxyl groups excluding tert-OH is 1.